The van der Waals surface area contributed by atoms with Gasteiger partial charge in [-0.05, 0) is 56.1 Å². The molecule has 1 atom stereocenters. The van der Waals surface area contributed by atoms with E-state index in [2.05, 4.69) is 69.3 Å². The monoisotopic (exact) mass is 547 g/mol. The van der Waals surface area contributed by atoms with E-state index in [-0.39, 0.29) is 6.04 Å². The van der Waals surface area contributed by atoms with Gasteiger partial charge in [-0.2, -0.15) is 4.98 Å². The fourth-order valence-corrected chi connectivity index (χ4v) is 6.28. The molecule has 1 aromatic heterocycles. The lowest BCUT2D eigenvalue weighted by atomic mass is 10.0. The van der Waals surface area contributed by atoms with Crippen LogP contribution in [0.15, 0.2) is 54.7 Å². The van der Waals surface area contributed by atoms with Crippen LogP contribution in [0.25, 0.3) is 0 Å². The van der Waals surface area contributed by atoms with Crippen LogP contribution < -0.4 is 15.3 Å². The first-order chi connectivity index (χ1) is 19.0. The first-order valence-electron chi connectivity index (χ1n) is 14.1. The molecule has 3 aliphatic rings. The summed E-state index contributed by atoms with van der Waals surface area (Å²) >= 11 is 6.55. The van der Waals surface area contributed by atoms with Gasteiger partial charge in [-0.3, -0.25) is 9.74 Å². The van der Waals surface area contributed by atoms with Crippen LogP contribution in [0, 0.1) is 6.92 Å². The van der Waals surface area contributed by atoms with E-state index < -0.39 is 0 Å². The number of rotatable bonds is 6. The molecule has 3 aromatic rings. The van der Waals surface area contributed by atoms with E-state index in [1.807, 2.05) is 23.3 Å². The molecule has 0 bridgehead atoms. The Morgan fingerprint density at radius 2 is 1.72 bits per heavy atom. The van der Waals surface area contributed by atoms with Crippen molar-refractivity contribution in [3.8, 4) is 0 Å². The van der Waals surface area contributed by atoms with E-state index in [0.717, 1.165) is 25.2 Å². The zero-order chi connectivity index (χ0) is 26.8. The smallest absolute Gasteiger partial charge is 0.229 e. The van der Waals surface area contributed by atoms with Gasteiger partial charge in [-0.15, -0.1) is 0 Å². The third-order valence-corrected chi connectivity index (χ3v) is 8.60. The van der Waals surface area contributed by atoms with Crippen molar-refractivity contribution in [1.82, 2.24) is 19.8 Å². The van der Waals surface area contributed by atoms with Crippen LogP contribution in [0.3, 0.4) is 0 Å². The lowest BCUT2D eigenvalue weighted by molar-refractivity contribution is 0.0982. The van der Waals surface area contributed by atoms with Gasteiger partial charge >= 0.3 is 0 Å². The third-order valence-electron chi connectivity index (χ3n) is 8.34. The number of hydrogen-bond acceptors (Lipinski definition) is 8. The molecule has 8 nitrogen and oxygen atoms in total. The Morgan fingerprint density at radius 3 is 2.46 bits per heavy atom. The summed E-state index contributed by atoms with van der Waals surface area (Å²) in [5.74, 6) is 1.08. The summed E-state index contributed by atoms with van der Waals surface area (Å²) in [7, 11) is 2.22. The molecule has 1 N–H and O–H groups in total. The minimum absolute atomic E-state index is 0.0633. The lowest BCUT2D eigenvalue weighted by Crippen LogP contribution is -2.52. The Morgan fingerprint density at radius 1 is 0.949 bits per heavy atom. The molecule has 3 fully saturated rings. The second-order valence-electron chi connectivity index (χ2n) is 10.9. The maximum Gasteiger partial charge on any atom is 0.229 e. The quantitative estimate of drug-likeness (QED) is 0.447. The van der Waals surface area contributed by atoms with Crippen LogP contribution >= 0.6 is 11.6 Å². The zero-order valence-corrected chi connectivity index (χ0v) is 23.6. The number of hydroxylamine groups is 1. The number of aryl methyl sites for hydroxylation is 1. The maximum absolute atomic E-state index is 6.55. The topological polar surface area (TPSA) is 60.0 Å². The molecule has 0 radical (unpaired) electrons. The maximum atomic E-state index is 6.55. The second-order valence-corrected chi connectivity index (χ2v) is 11.3. The Hall–Kier alpha value is -2.91. The normalized spacial score (nSPS) is 21.5. The zero-order valence-electron chi connectivity index (χ0n) is 22.9. The van der Waals surface area contributed by atoms with E-state index in [9.17, 15) is 0 Å². The first kappa shape index (κ1) is 26.3. The van der Waals surface area contributed by atoms with Crippen molar-refractivity contribution in [2.75, 3.05) is 68.2 Å². The summed E-state index contributed by atoms with van der Waals surface area (Å²) in [6.07, 6.45) is 4.97. The number of piperidine rings is 1. The van der Waals surface area contributed by atoms with Crippen molar-refractivity contribution in [1.29, 1.82) is 0 Å². The number of hydrogen-bond donors (Lipinski definition) is 1. The molecule has 9 heteroatoms. The van der Waals surface area contributed by atoms with Gasteiger partial charge in [0.05, 0.1) is 18.8 Å². The second kappa shape index (κ2) is 11.7. The Balaban J connectivity index is 1.11. The molecule has 0 amide bonds. The number of benzene rings is 2. The summed E-state index contributed by atoms with van der Waals surface area (Å²) in [4.78, 5) is 22.8. The Labute approximate surface area is 236 Å². The molecular weight excluding hydrogens is 510 g/mol. The lowest BCUT2D eigenvalue weighted by Gasteiger charge is -2.43. The minimum Gasteiger partial charge on any atom is -0.371 e. The highest BCUT2D eigenvalue weighted by Crippen LogP contribution is 2.38. The highest BCUT2D eigenvalue weighted by atomic mass is 35.5. The highest BCUT2D eigenvalue weighted by molar-refractivity contribution is 6.32. The largest absolute Gasteiger partial charge is 0.371 e. The van der Waals surface area contributed by atoms with E-state index in [1.165, 1.54) is 55.8 Å². The summed E-state index contributed by atoms with van der Waals surface area (Å²) in [6.45, 7) is 9.79. The van der Waals surface area contributed by atoms with Crippen molar-refractivity contribution in [3.63, 3.8) is 0 Å². The average molecular weight is 548 g/mol. The third kappa shape index (κ3) is 5.84. The van der Waals surface area contributed by atoms with Gasteiger partial charge in [0.1, 0.15) is 5.02 Å². The van der Waals surface area contributed by atoms with Crippen LogP contribution in [0.5, 0.6) is 0 Å². The molecule has 206 valence electrons. The molecular formula is C30H38ClN7O. The van der Waals surface area contributed by atoms with Crippen molar-refractivity contribution in [2.45, 2.75) is 38.3 Å². The summed E-state index contributed by atoms with van der Waals surface area (Å²) in [6, 6.07) is 17.6. The summed E-state index contributed by atoms with van der Waals surface area (Å²) < 4.78 is 0. The van der Waals surface area contributed by atoms with E-state index in [4.69, 9.17) is 21.4 Å². The van der Waals surface area contributed by atoms with Gasteiger partial charge in [0, 0.05) is 63.1 Å². The standard InChI is InChI=1S/C30H38ClN7O/c1-22-20-24(8-9-27(22)37-13-10-25(11-14-37)36-17-15-35(2)16-18-36)33-30-32-21-26(31)29(34-30)38-28(12-19-39-38)23-6-4-3-5-7-23/h3-9,20-21,25,28H,10-19H2,1-2H3,(H,32,33,34). The van der Waals surface area contributed by atoms with E-state index >= 15 is 0 Å². The van der Waals surface area contributed by atoms with Gasteiger partial charge in [0.15, 0.2) is 5.82 Å². The predicted octanol–water partition coefficient (Wildman–Crippen LogP) is 5.28. The van der Waals surface area contributed by atoms with Crippen molar-refractivity contribution >= 4 is 34.7 Å². The number of halogens is 1. The molecule has 1 unspecified atom stereocenters. The van der Waals surface area contributed by atoms with Crippen LogP contribution in [-0.4, -0.2) is 78.7 Å². The molecule has 0 spiro atoms. The molecule has 6 rings (SSSR count). The van der Waals surface area contributed by atoms with Crippen LogP contribution in [-0.2, 0) is 4.84 Å². The van der Waals surface area contributed by atoms with Crippen molar-refractivity contribution < 1.29 is 4.84 Å². The van der Waals surface area contributed by atoms with Gasteiger partial charge < -0.3 is 15.1 Å². The molecule has 39 heavy (non-hydrogen) atoms. The Bertz CT molecular complexity index is 1260. The number of piperazine rings is 1. The van der Waals surface area contributed by atoms with Gasteiger partial charge in [0.25, 0.3) is 0 Å². The van der Waals surface area contributed by atoms with Gasteiger partial charge in [-0.1, -0.05) is 41.9 Å². The summed E-state index contributed by atoms with van der Waals surface area (Å²) in [5, 5.41) is 5.67. The number of anilines is 4. The number of likely N-dealkylation sites (N-methyl/N-ethyl adjacent to an activating group) is 1. The van der Waals surface area contributed by atoms with Crippen LogP contribution in [0.1, 0.15) is 36.4 Å². The molecule has 3 saturated heterocycles. The van der Waals surface area contributed by atoms with Crippen LogP contribution in [0.4, 0.5) is 23.1 Å². The van der Waals surface area contributed by atoms with Crippen molar-refractivity contribution in [2.24, 2.45) is 0 Å². The highest BCUT2D eigenvalue weighted by Gasteiger charge is 2.31. The van der Waals surface area contributed by atoms with Gasteiger partial charge in [0.2, 0.25) is 5.95 Å². The molecule has 4 heterocycles. The fourth-order valence-electron chi connectivity index (χ4n) is 6.10. The van der Waals surface area contributed by atoms with Crippen LogP contribution in [0.2, 0.25) is 5.02 Å². The fraction of sp³-hybridized carbons (Fsp3) is 0.467. The number of nitrogens with zero attached hydrogens (tertiary/aromatic N) is 6. The van der Waals surface area contributed by atoms with E-state index in [1.54, 1.807) is 6.20 Å². The number of aromatic nitrogens is 2. The summed E-state index contributed by atoms with van der Waals surface area (Å²) in [5.41, 5.74) is 4.70. The van der Waals surface area contributed by atoms with Crippen molar-refractivity contribution in [3.05, 3.63) is 70.9 Å². The first-order valence-corrected chi connectivity index (χ1v) is 14.5. The SMILES string of the molecule is Cc1cc(Nc2ncc(Cl)c(N3OCCC3c3ccccc3)n2)ccc1N1CCC(N2CCN(C)CC2)CC1. The Kier molecular flexibility index (Phi) is 7.88. The molecule has 0 aliphatic carbocycles. The molecule has 3 aliphatic heterocycles. The number of nitrogens with one attached hydrogen (secondary N) is 1. The van der Waals surface area contributed by atoms with E-state index in [0.29, 0.717) is 29.4 Å². The predicted molar refractivity (Wildman–Crippen MR) is 158 cm³/mol. The minimum atomic E-state index is 0.0633. The average Bonchev–Trinajstić information content (AvgIpc) is 3.45. The molecule has 2 aromatic carbocycles. The molecule has 0 saturated carbocycles. The van der Waals surface area contributed by atoms with Gasteiger partial charge in [-0.25, -0.2) is 10.0 Å².